The molecule has 1 aromatic carbocycles. The van der Waals surface area contributed by atoms with Gasteiger partial charge in [0.1, 0.15) is 17.4 Å². The first-order valence-corrected chi connectivity index (χ1v) is 15.9. The van der Waals surface area contributed by atoms with E-state index in [2.05, 4.69) is 20.9 Å². The number of halogens is 1. The molecule has 1 atom stereocenters. The number of carbonyl (C=O) groups is 2. The Morgan fingerprint density at radius 1 is 1.12 bits per heavy atom. The standard InChI is InChI=1S/C31H36ClN5O5S/c1-6-10-13-28(38)34-27-12-11-14-29(35-27)43(40,41)36-31(39)23-16-18-25(33-30(23)37(9-4)21(5)8-3)22-15-17-24(32)26(20-22)42-19-7-2/h1,11-12,14-18,20-21H,7-10,13,19H2,2-5H3,(H,36,39)(H,34,35,38)/t21-/m1/s1. The van der Waals surface area contributed by atoms with Crippen molar-refractivity contribution < 1.29 is 22.7 Å². The highest BCUT2D eigenvalue weighted by Crippen LogP contribution is 2.32. The van der Waals surface area contributed by atoms with Crippen LogP contribution in [0.3, 0.4) is 0 Å². The molecule has 0 aliphatic heterocycles. The van der Waals surface area contributed by atoms with Crippen molar-refractivity contribution in [2.45, 2.75) is 64.4 Å². The third-order valence-electron chi connectivity index (χ3n) is 6.53. The van der Waals surface area contributed by atoms with Crippen molar-refractivity contribution in [1.29, 1.82) is 0 Å². The maximum Gasteiger partial charge on any atom is 0.281 e. The lowest BCUT2D eigenvalue weighted by atomic mass is 10.1. The Morgan fingerprint density at radius 2 is 1.88 bits per heavy atom. The molecule has 0 aliphatic rings. The lowest BCUT2D eigenvalue weighted by molar-refractivity contribution is -0.116. The number of amides is 2. The number of carbonyl (C=O) groups excluding carboxylic acids is 2. The van der Waals surface area contributed by atoms with E-state index in [4.69, 9.17) is 27.7 Å². The number of terminal acetylenes is 1. The van der Waals surface area contributed by atoms with Crippen LogP contribution < -0.4 is 19.7 Å². The quantitative estimate of drug-likeness (QED) is 0.219. The maximum absolute atomic E-state index is 13.5. The van der Waals surface area contributed by atoms with Gasteiger partial charge < -0.3 is 15.0 Å². The summed E-state index contributed by atoms with van der Waals surface area (Å²) in [6, 6.07) is 12.6. The summed E-state index contributed by atoms with van der Waals surface area (Å²) in [5.74, 6) is 1.95. The molecule has 2 aromatic heterocycles. The molecule has 2 N–H and O–H groups in total. The molecule has 0 fully saturated rings. The van der Waals surface area contributed by atoms with Crippen molar-refractivity contribution in [2.24, 2.45) is 0 Å². The van der Waals surface area contributed by atoms with Gasteiger partial charge in [0.25, 0.3) is 15.9 Å². The van der Waals surface area contributed by atoms with Crippen LogP contribution in [-0.2, 0) is 14.8 Å². The summed E-state index contributed by atoms with van der Waals surface area (Å²) < 4.78 is 34.3. The Balaban J connectivity index is 1.98. The number of pyridine rings is 2. The van der Waals surface area contributed by atoms with Crippen LogP contribution in [0.15, 0.2) is 53.6 Å². The third kappa shape index (κ3) is 8.69. The van der Waals surface area contributed by atoms with Crippen molar-refractivity contribution >= 4 is 45.1 Å². The lowest BCUT2D eigenvalue weighted by Crippen LogP contribution is -2.37. The first kappa shape index (κ1) is 33.4. The summed E-state index contributed by atoms with van der Waals surface area (Å²) in [7, 11) is -4.41. The SMILES string of the molecule is C#CCCC(=O)Nc1cccc(S(=O)(=O)NC(=O)c2ccc(-c3ccc(Cl)c(OCCC)c3)nc2N(CC)[C@H](C)CC)n1. The molecule has 0 bridgehead atoms. The summed E-state index contributed by atoms with van der Waals surface area (Å²) >= 11 is 6.32. The Bertz CT molecular complexity index is 1610. The molecule has 2 amide bonds. The van der Waals surface area contributed by atoms with E-state index in [0.717, 1.165) is 18.4 Å². The number of hydrogen-bond donors (Lipinski definition) is 2. The van der Waals surface area contributed by atoms with E-state index >= 15 is 0 Å². The Morgan fingerprint density at radius 3 is 2.56 bits per heavy atom. The molecule has 0 radical (unpaired) electrons. The average Bonchev–Trinajstić information content (AvgIpc) is 2.99. The first-order chi connectivity index (χ1) is 20.5. The lowest BCUT2D eigenvalue weighted by Gasteiger charge is -2.30. The molecule has 0 aliphatic carbocycles. The van der Waals surface area contributed by atoms with Gasteiger partial charge in [-0.1, -0.05) is 37.6 Å². The van der Waals surface area contributed by atoms with E-state index in [9.17, 15) is 18.0 Å². The molecule has 3 rings (SSSR count). The normalized spacial score (nSPS) is 11.7. The van der Waals surface area contributed by atoms with E-state index in [1.807, 2.05) is 32.6 Å². The fraction of sp³-hybridized carbons (Fsp3) is 0.355. The summed E-state index contributed by atoms with van der Waals surface area (Å²) in [6.45, 7) is 8.97. The molecule has 228 valence electrons. The highest BCUT2D eigenvalue weighted by molar-refractivity contribution is 7.90. The summed E-state index contributed by atoms with van der Waals surface area (Å²) in [5, 5.41) is 2.55. The average molecular weight is 626 g/mol. The highest BCUT2D eigenvalue weighted by atomic mass is 35.5. The van der Waals surface area contributed by atoms with E-state index in [1.165, 1.54) is 18.2 Å². The van der Waals surface area contributed by atoms with Crippen molar-refractivity contribution in [3.05, 3.63) is 59.1 Å². The van der Waals surface area contributed by atoms with Crippen LogP contribution in [0.2, 0.25) is 5.02 Å². The predicted molar refractivity (Wildman–Crippen MR) is 169 cm³/mol. The second-order valence-corrected chi connectivity index (χ2v) is 11.7. The predicted octanol–water partition coefficient (Wildman–Crippen LogP) is 5.68. The number of sulfonamides is 1. The largest absolute Gasteiger partial charge is 0.492 e. The zero-order valence-electron chi connectivity index (χ0n) is 24.7. The number of nitrogens with zero attached hydrogens (tertiary/aromatic N) is 3. The van der Waals surface area contributed by atoms with Crippen molar-refractivity contribution in [3.8, 4) is 29.4 Å². The fourth-order valence-electron chi connectivity index (χ4n) is 4.14. The molecule has 12 heteroatoms. The molecule has 0 saturated carbocycles. The number of anilines is 2. The van der Waals surface area contributed by atoms with E-state index in [0.29, 0.717) is 35.4 Å². The van der Waals surface area contributed by atoms with Gasteiger partial charge in [-0.25, -0.2) is 14.7 Å². The Labute approximate surface area is 258 Å². The fourth-order valence-corrected chi connectivity index (χ4v) is 5.24. The molecule has 0 saturated heterocycles. The van der Waals surface area contributed by atoms with Gasteiger partial charge in [0.2, 0.25) is 5.91 Å². The van der Waals surface area contributed by atoms with Gasteiger partial charge in [-0.15, -0.1) is 12.3 Å². The second kappa shape index (κ2) is 15.4. The Kier molecular flexibility index (Phi) is 11.9. The van der Waals surface area contributed by atoms with Gasteiger partial charge in [0, 0.05) is 31.0 Å². The molecular formula is C31H36ClN5O5S. The summed E-state index contributed by atoms with van der Waals surface area (Å²) in [4.78, 5) is 36.3. The summed E-state index contributed by atoms with van der Waals surface area (Å²) in [5.41, 5.74) is 1.36. The van der Waals surface area contributed by atoms with Gasteiger partial charge in [-0.3, -0.25) is 9.59 Å². The minimum atomic E-state index is -4.41. The molecule has 0 unspecified atom stereocenters. The van der Waals surface area contributed by atoms with Crippen molar-refractivity contribution in [2.75, 3.05) is 23.4 Å². The van der Waals surface area contributed by atoms with Gasteiger partial charge >= 0.3 is 0 Å². The van der Waals surface area contributed by atoms with Crippen LogP contribution in [-0.4, -0.2) is 49.4 Å². The van der Waals surface area contributed by atoms with E-state index in [1.54, 1.807) is 30.3 Å². The van der Waals surface area contributed by atoms with Crippen LogP contribution in [0, 0.1) is 12.3 Å². The van der Waals surface area contributed by atoms with Crippen LogP contribution in [0.1, 0.15) is 63.7 Å². The number of nitrogens with one attached hydrogen (secondary N) is 2. The zero-order chi connectivity index (χ0) is 31.6. The van der Waals surface area contributed by atoms with Crippen molar-refractivity contribution in [3.63, 3.8) is 0 Å². The van der Waals surface area contributed by atoms with E-state index < -0.39 is 26.9 Å². The monoisotopic (exact) mass is 625 g/mol. The number of ether oxygens (including phenoxy) is 1. The van der Waals surface area contributed by atoms with Crippen LogP contribution in [0.4, 0.5) is 11.6 Å². The first-order valence-electron chi connectivity index (χ1n) is 14.0. The molecule has 10 nitrogen and oxygen atoms in total. The minimum Gasteiger partial charge on any atom is -0.492 e. The smallest absolute Gasteiger partial charge is 0.281 e. The topological polar surface area (TPSA) is 131 Å². The second-order valence-electron chi connectivity index (χ2n) is 9.65. The number of benzene rings is 1. The number of hydrogen-bond acceptors (Lipinski definition) is 8. The number of rotatable bonds is 14. The minimum absolute atomic E-state index is 0.000929. The van der Waals surface area contributed by atoms with Gasteiger partial charge in [-0.05, 0) is 63.1 Å². The van der Waals surface area contributed by atoms with Crippen LogP contribution in [0.5, 0.6) is 5.75 Å². The van der Waals surface area contributed by atoms with Gasteiger partial charge in [0.05, 0.1) is 22.9 Å². The Hall–Kier alpha value is -4.14. The summed E-state index contributed by atoms with van der Waals surface area (Å²) in [6.07, 6.45) is 7.06. The third-order valence-corrected chi connectivity index (χ3v) is 8.08. The van der Waals surface area contributed by atoms with Gasteiger partial charge in [-0.2, -0.15) is 8.42 Å². The molecule has 2 heterocycles. The molecule has 3 aromatic rings. The maximum atomic E-state index is 13.5. The van der Waals surface area contributed by atoms with Crippen LogP contribution >= 0.6 is 11.6 Å². The van der Waals surface area contributed by atoms with Crippen molar-refractivity contribution in [1.82, 2.24) is 14.7 Å². The van der Waals surface area contributed by atoms with Gasteiger partial charge in [0.15, 0.2) is 5.03 Å². The number of aromatic nitrogens is 2. The van der Waals surface area contributed by atoms with E-state index in [-0.39, 0.29) is 30.3 Å². The molecule has 43 heavy (non-hydrogen) atoms. The zero-order valence-corrected chi connectivity index (χ0v) is 26.3. The molecular weight excluding hydrogens is 590 g/mol. The molecule has 0 spiro atoms. The highest BCUT2D eigenvalue weighted by Gasteiger charge is 2.26. The van der Waals surface area contributed by atoms with Crippen LogP contribution in [0.25, 0.3) is 11.3 Å².